The molecule has 29 nitrogen and oxygen atoms in total. The van der Waals surface area contributed by atoms with Crippen LogP contribution in [0.1, 0.15) is 84.8 Å². The molecule has 1 rings (SSSR count). The van der Waals surface area contributed by atoms with Crippen molar-refractivity contribution in [1.29, 1.82) is 0 Å². The molecule has 0 bridgehead atoms. The molecule has 0 fully saturated rings. The normalized spacial score (nSPS) is 14.3. The number of nitrogens with one attached hydrogen (secondary N) is 9. The van der Waals surface area contributed by atoms with E-state index >= 15 is 0 Å². The third-order valence-corrected chi connectivity index (χ3v) is 11.1. The van der Waals surface area contributed by atoms with Crippen LogP contribution >= 0.6 is 12.6 Å². The summed E-state index contributed by atoms with van der Waals surface area (Å²) >= 11 is 4.21. The van der Waals surface area contributed by atoms with Crippen molar-refractivity contribution in [3.63, 3.8) is 0 Å². The number of rotatable bonds is 36. The van der Waals surface area contributed by atoms with Gasteiger partial charge in [-0.1, -0.05) is 27.7 Å². The van der Waals surface area contributed by atoms with Crippen molar-refractivity contribution in [2.75, 3.05) is 38.5 Å². The Morgan fingerprint density at radius 2 is 1.16 bits per heavy atom. The summed E-state index contributed by atoms with van der Waals surface area (Å²) in [4.78, 5) is 134. The number of aliphatic imine (C=N–C) groups is 2. The van der Waals surface area contributed by atoms with Crippen molar-refractivity contribution in [1.82, 2.24) is 52.5 Å². The number of hydrogen-bond acceptors (Lipinski definition) is 16. The predicted molar refractivity (Wildman–Crippen MR) is 272 cm³/mol. The number of aliphatic carboxylic acids is 1. The first-order valence-corrected chi connectivity index (χ1v) is 24.4. The lowest BCUT2D eigenvalue weighted by Crippen LogP contribution is -2.60. The fraction of sp³-hybridized carbons (Fsp3) is 0.674. The predicted octanol–water partition coefficient (Wildman–Crippen LogP) is -6.27. The molecule has 1 aromatic rings. The first-order chi connectivity index (χ1) is 34.4. The van der Waals surface area contributed by atoms with E-state index in [1.165, 1.54) is 12.5 Å². The maximum Gasteiger partial charge on any atom is 0.326 e. The molecule has 0 unspecified atom stereocenters. The highest BCUT2D eigenvalue weighted by Gasteiger charge is 2.34. The number of nitrogens with zero attached hydrogens (tertiary/aromatic N) is 3. The van der Waals surface area contributed by atoms with Crippen LogP contribution in [0.4, 0.5) is 0 Å². The number of carboxylic acid groups (broad SMARTS) is 1. The summed E-state index contributed by atoms with van der Waals surface area (Å²) in [5, 5.41) is 39.6. The number of carbonyl (C=O) groups is 9. The maximum absolute atomic E-state index is 13.9. The molecule has 0 aliphatic rings. The lowest BCUT2D eigenvalue weighted by Gasteiger charge is -2.27. The number of thiol groups is 1. The highest BCUT2D eigenvalue weighted by molar-refractivity contribution is 7.80. The van der Waals surface area contributed by atoms with E-state index in [9.17, 15) is 53.4 Å². The molecule has 0 radical (unpaired) electrons. The van der Waals surface area contributed by atoms with E-state index in [1.807, 2.05) is 13.8 Å². The SMILES string of the molecule is CC(C)C[C@H](N)C(=O)N[C@H](C(=O)N[C@@H](CCCN=C(N)N)C(=O)N[C@H](CS)C(=O)NCC(=O)N[C@@H](CCCCN)C(=O)N[C@@H](Cc1cnc[nH]1)C(=O)N[C@@H](CO)C(=O)N[C@@H](CCCN=C(N)N)C(=O)O)C(C)C. The summed E-state index contributed by atoms with van der Waals surface area (Å²) < 4.78 is 0. The molecular formula is C43H78N18O11S. The van der Waals surface area contributed by atoms with Crippen LogP contribution in [0, 0.1) is 11.8 Å². The van der Waals surface area contributed by atoms with Gasteiger partial charge in [0.1, 0.15) is 42.3 Å². The van der Waals surface area contributed by atoms with Crippen LogP contribution in [0.2, 0.25) is 0 Å². The second-order valence-electron chi connectivity index (χ2n) is 17.8. The molecule has 0 saturated carbocycles. The number of aliphatic hydroxyl groups excluding tert-OH is 1. The van der Waals surface area contributed by atoms with Crippen LogP contribution < -0.4 is 76.9 Å². The number of imidazole rings is 1. The molecule has 0 aliphatic carbocycles. The van der Waals surface area contributed by atoms with Gasteiger partial charge in [0.15, 0.2) is 11.9 Å². The van der Waals surface area contributed by atoms with E-state index in [1.54, 1.807) is 13.8 Å². The van der Waals surface area contributed by atoms with E-state index in [0.29, 0.717) is 25.0 Å². The van der Waals surface area contributed by atoms with E-state index in [2.05, 4.69) is 75.1 Å². The molecule has 73 heavy (non-hydrogen) atoms. The van der Waals surface area contributed by atoms with Gasteiger partial charge in [-0.05, 0) is 69.7 Å². The van der Waals surface area contributed by atoms with Crippen molar-refractivity contribution in [3.05, 3.63) is 18.2 Å². The minimum absolute atomic E-state index is 0.00444. The number of amides is 8. The lowest BCUT2D eigenvalue weighted by molar-refractivity contribution is -0.142. The summed E-state index contributed by atoms with van der Waals surface area (Å²) in [6.45, 7) is 5.92. The molecule has 8 atom stereocenters. The minimum atomic E-state index is -1.67. The van der Waals surface area contributed by atoms with Gasteiger partial charge < -0.3 is 92.1 Å². The van der Waals surface area contributed by atoms with Gasteiger partial charge in [0, 0.05) is 37.2 Å². The number of H-pyrrole nitrogens is 1. The lowest BCUT2D eigenvalue weighted by atomic mass is 9.99. The van der Waals surface area contributed by atoms with Crippen LogP contribution in [-0.4, -0.2) is 172 Å². The molecule has 0 aromatic carbocycles. The molecule has 1 heterocycles. The van der Waals surface area contributed by atoms with Crippen molar-refractivity contribution in [3.8, 4) is 0 Å². The molecule has 30 heteroatoms. The van der Waals surface area contributed by atoms with E-state index in [0.717, 1.165) is 0 Å². The highest BCUT2D eigenvalue weighted by atomic mass is 32.1. The van der Waals surface area contributed by atoms with Crippen molar-refractivity contribution >= 4 is 77.8 Å². The molecule has 0 aliphatic heterocycles. The summed E-state index contributed by atoms with van der Waals surface area (Å²) in [6.07, 6.45) is 3.88. The Balaban J connectivity index is 3.20. The summed E-state index contributed by atoms with van der Waals surface area (Å²) in [5.41, 5.74) is 33.6. The number of aromatic amines is 1. The average Bonchev–Trinajstić information content (AvgIpc) is 3.84. The van der Waals surface area contributed by atoms with Gasteiger partial charge in [0.2, 0.25) is 47.3 Å². The zero-order chi connectivity index (χ0) is 55.2. The number of guanidine groups is 2. The largest absolute Gasteiger partial charge is 0.480 e. The van der Waals surface area contributed by atoms with Crippen molar-refractivity contribution in [2.45, 2.75) is 134 Å². The summed E-state index contributed by atoms with van der Waals surface area (Å²) in [7, 11) is 0. The van der Waals surface area contributed by atoms with Crippen LogP contribution in [0.15, 0.2) is 22.5 Å². The van der Waals surface area contributed by atoms with Gasteiger partial charge in [-0.15, -0.1) is 0 Å². The first kappa shape index (κ1) is 64.2. The molecule has 0 spiro atoms. The quantitative estimate of drug-likeness (QED) is 0.0129. The Labute approximate surface area is 429 Å². The molecular weight excluding hydrogens is 977 g/mol. The van der Waals surface area contributed by atoms with Gasteiger partial charge >= 0.3 is 5.97 Å². The zero-order valence-corrected chi connectivity index (χ0v) is 42.8. The number of nitrogens with two attached hydrogens (primary N) is 6. The number of carboxylic acids is 1. The topological polar surface area (TPSA) is 500 Å². The molecule has 0 saturated heterocycles. The second kappa shape index (κ2) is 34.6. The van der Waals surface area contributed by atoms with E-state index < -0.39 is 121 Å². The Morgan fingerprint density at radius 1 is 0.658 bits per heavy atom. The number of unbranched alkanes of at least 4 members (excludes halogenated alkanes) is 1. The zero-order valence-electron chi connectivity index (χ0n) is 41.9. The van der Waals surface area contributed by atoms with Crippen molar-refractivity contribution in [2.24, 2.45) is 56.2 Å². The van der Waals surface area contributed by atoms with Crippen LogP contribution in [0.25, 0.3) is 0 Å². The van der Waals surface area contributed by atoms with Crippen molar-refractivity contribution < 1.29 is 53.4 Å². The molecule has 23 N–H and O–H groups in total. The third kappa shape index (κ3) is 25.9. The average molecular weight is 1060 g/mol. The highest BCUT2D eigenvalue weighted by Crippen LogP contribution is 2.10. The number of carbonyl (C=O) groups excluding carboxylic acids is 8. The van der Waals surface area contributed by atoms with E-state index in [4.69, 9.17) is 34.4 Å². The summed E-state index contributed by atoms with van der Waals surface area (Å²) in [5.74, 6) is -9.04. The van der Waals surface area contributed by atoms with Crippen LogP contribution in [0.3, 0.4) is 0 Å². The van der Waals surface area contributed by atoms with Gasteiger partial charge in [0.25, 0.3) is 0 Å². The number of aliphatic hydroxyl groups is 1. The fourth-order valence-corrected chi connectivity index (χ4v) is 7.06. The first-order valence-electron chi connectivity index (χ1n) is 23.8. The Morgan fingerprint density at radius 3 is 1.67 bits per heavy atom. The van der Waals surface area contributed by atoms with Gasteiger partial charge in [-0.2, -0.15) is 12.6 Å². The van der Waals surface area contributed by atoms with Gasteiger partial charge in [-0.25, -0.2) is 9.78 Å². The minimum Gasteiger partial charge on any atom is -0.480 e. The molecule has 8 amide bonds. The smallest absolute Gasteiger partial charge is 0.326 e. The summed E-state index contributed by atoms with van der Waals surface area (Å²) in [6, 6.07) is -10.4. The van der Waals surface area contributed by atoms with Gasteiger partial charge in [0.05, 0.1) is 25.5 Å². The molecule has 1 aromatic heterocycles. The number of aromatic nitrogens is 2. The maximum atomic E-state index is 13.9. The fourth-order valence-electron chi connectivity index (χ4n) is 6.81. The standard InChI is InChI=1S/C43H78N18O11S/c1-22(2)15-25(45)34(64)61-33(23(3)4)40(70)56-27(10-7-13-51-42(46)47)37(67)60-31(20-73)35(65)53-18-32(63)55-26(9-5-6-12-44)36(66)58-29(16-24-17-50-21-54-24)38(68)59-30(19-62)39(69)57-28(41(71)72)11-8-14-52-43(48)49/h17,21-23,25-31,33,62,73H,5-16,18-20,44-45H2,1-4H3,(H,50,54)(H,53,65)(H,55,63)(H,56,70)(H,57,69)(H,58,66)(H,59,68)(H,60,67)(H,61,64)(H,71,72)(H4,46,47,51)(H4,48,49,52)/t25-,26-,27-,28-,29-,30-,31+,33-/m0/s1. The third-order valence-electron chi connectivity index (χ3n) is 10.7. The van der Waals surface area contributed by atoms with E-state index in [-0.39, 0.29) is 81.7 Å². The Kier molecular flexibility index (Phi) is 30.4. The molecule has 412 valence electrons. The van der Waals surface area contributed by atoms with Crippen LogP contribution in [0.5, 0.6) is 0 Å². The Hall–Kier alpha value is -6.79. The van der Waals surface area contributed by atoms with Gasteiger partial charge in [-0.3, -0.25) is 48.3 Å². The number of hydrogen-bond donors (Lipinski definition) is 18. The van der Waals surface area contributed by atoms with Crippen LogP contribution in [-0.2, 0) is 49.6 Å². The Bertz CT molecular complexity index is 2000. The monoisotopic (exact) mass is 1050 g/mol. The second-order valence-corrected chi connectivity index (χ2v) is 18.1.